The number of anilines is 1. The fourth-order valence-corrected chi connectivity index (χ4v) is 2.43. The molecule has 2 unspecified atom stereocenters. The Balaban J connectivity index is 2.07. The number of halogens is 1. The Morgan fingerprint density at radius 3 is 2.89 bits per heavy atom. The molecule has 0 aliphatic carbocycles. The van der Waals surface area contributed by atoms with Gasteiger partial charge in [0.05, 0.1) is 6.10 Å². The number of nitrogens with zero attached hydrogens (tertiary/aromatic N) is 2. The molecule has 0 radical (unpaired) electrons. The zero-order valence-electron chi connectivity index (χ0n) is 11.5. The van der Waals surface area contributed by atoms with Crippen molar-refractivity contribution in [3.8, 4) is 0 Å². The lowest BCUT2D eigenvalue weighted by molar-refractivity contribution is -0.0176. The van der Waals surface area contributed by atoms with Gasteiger partial charge in [0, 0.05) is 31.6 Å². The van der Waals surface area contributed by atoms with Gasteiger partial charge in [0.1, 0.15) is 21.8 Å². The maximum absolute atomic E-state index is 10.4. The van der Waals surface area contributed by atoms with Crippen LogP contribution in [0.1, 0.15) is 38.9 Å². The first-order valence-corrected chi connectivity index (χ1v) is 7.32. The molecule has 1 aromatic rings. The largest absolute Gasteiger partial charge is 0.385 e. The summed E-state index contributed by atoms with van der Waals surface area (Å²) in [5, 5.41) is 13.6. The van der Waals surface area contributed by atoms with Crippen molar-refractivity contribution in [3.05, 3.63) is 16.5 Å². The summed E-state index contributed by atoms with van der Waals surface area (Å²) < 4.78 is 6.16. The molecule has 2 N–H and O–H groups in total. The summed E-state index contributed by atoms with van der Waals surface area (Å²) in [6, 6.07) is 1.82. The summed E-state index contributed by atoms with van der Waals surface area (Å²) in [5.74, 6) is 1.76. The Morgan fingerprint density at radius 1 is 1.58 bits per heavy atom. The molecule has 0 spiro atoms. The highest BCUT2D eigenvalue weighted by molar-refractivity contribution is 9.10. The third kappa shape index (κ3) is 3.43. The van der Waals surface area contributed by atoms with Crippen LogP contribution in [-0.4, -0.2) is 39.9 Å². The molecule has 6 heteroatoms. The number of ether oxygens (including phenoxy) is 1. The standard InChI is InChI=1S/C13H20BrN3O2/c1-8(2)12-16-10(14)6-11(17-12)15-7-13(18)4-5-19-9(13)3/h6,8-9,18H,4-5,7H2,1-3H3,(H,15,16,17). The van der Waals surface area contributed by atoms with E-state index >= 15 is 0 Å². The van der Waals surface area contributed by atoms with E-state index in [1.807, 2.05) is 26.8 Å². The highest BCUT2D eigenvalue weighted by Crippen LogP contribution is 2.26. The molecule has 5 nitrogen and oxygen atoms in total. The number of aromatic nitrogens is 2. The molecular formula is C13H20BrN3O2. The monoisotopic (exact) mass is 329 g/mol. The molecule has 1 fully saturated rings. The topological polar surface area (TPSA) is 67.3 Å². The smallest absolute Gasteiger partial charge is 0.134 e. The quantitative estimate of drug-likeness (QED) is 0.830. The van der Waals surface area contributed by atoms with Crippen LogP contribution in [0.25, 0.3) is 0 Å². The summed E-state index contributed by atoms with van der Waals surface area (Å²) in [6.45, 7) is 7.02. The molecule has 106 valence electrons. The first-order chi connectivity index (χ1) is 8.90. The average Bonchev–Trinajstić information content (AvgIpc) is 2.67. The van der Waals surface area contributed by atoms with Crippen LogP contribution in [0, 0.1) is 0 Å². The van der Waals surface area contributed by atoms with Gasteiger partial charge in [-0.05, 0) is 22.9 Å². The van der Waals surface area contributed by atoms with Crippen molar-refractivity contribution in [1.29, 1.82) is 0 Å². The second-order valence-electron chi connectivity index (χ2n) is 5.31. The Labute approximate surface area is 121 Å². The third-order valence-electron chi connectivity index (χ3n) is 3.46. The van der Waals surface area contributed by atoms with E-state index in [-0.39, 0.29) is 12.0 Å². The minimum absolute atomic E-state index is 0.158. The predicted molar refractivity (Wildman–Crippen MR) is 77.3 cm³/mol. The normalized spacial score (nSPS) is 26.9. The molecule has 1 aromatic heterocycles. The number of hydrogen-bond donors (Lipinski definition) is 2. The molecule has 1 saturated heterocycles. The van der Waals surface area contributed by atoms with Crippen LogP contribution in [0.4, 0.5) is 5.82 Å². The van der Waals surface area contributed by atoms with Crippen molar-refractivity contribution in [2.45, 2.75) is 44.8 Å². The van der Waals surface area contributed by atoms with Crippen molar-refractivity contribution in [3.63, 3.8) is 0 Å². The van der Waals surface area contributed by atoms with Gasteiger partial charge in [-0.3, -0.25) is 0 Å². The van der Waals surface area contributed by atoms with E-state index in [9.17, 15) is 5.11 Å². The van der Waals surface area contributed by atoms with Gasteiger partial charge < -0.3 is 15.2 Å². The van der Waals surface area contributed by atoms with Gasteiger partial charge in [0.15, 0.2) is 0 Å². The average molecular weight is 330 g/mol. The van der Waals surface area contributed by atoms with Crippen molar-refractivity contribution in [2.75, 3.05) is 18.5 Å². The molecule has 0 bridgehead atoms. The van der Waals surface area contributed by atoms with Crippen LogP contribution in [0.5, 0.6) is 0 Å². The van der Waals surface area contributed by atoms with Crippen molar-refractivity contribution >= 4 is 21.7 Å². The Bertz CT molecular complexity index is 456. The SMILES string of the molecule is CC(C)c1nc(Br)cc(NCC2(O)CCOC2C)n1. The van der Waals surface area contributed by atoms with Crippen LogP contribution in [0.15, 0.2) is 10.7 Å². The molecule has 2 atom stereocenters. The van der Waals surface area contributed by atoms with Crippen LogP contribution in [-0.2, 0) is 4.74 Å². The van der Waals surface area contributed by atoms with E-state index in [4.69, 9.17) is 4.74 Å². The minimum Gasteiger partial charge on any atom is -0.385 e. The third-order valence-corrected chi connectivity index (χ3v) is 3.87. The van der Waals surface area contributed by atoms with E-state index in [0.717, 1.165) is 16.2 Å². The first kappa shape index (κ1) is 14.7. The van der Waals surface area contributed by atoms with E-state index in [1.165, 1.54) is 0 Å². The fraction of sp³-hybridized carbons (Fsp3) is 0.692. The maximum atomic E-state index is 10.4. The summed E-state index contributed by atoms with van der Waals surface area (Å²) in [4.78, 5) is 8.77. The summed E-state index contributed by atoms with van der Waals surface area (Å²) in [7, 11) is 0. The van der Waals surface area contributed by atoms with E-state index < -0.39 is 5.60 Å². The van der Waals surface area contributed by atoms with Gasteiger partial charge >= 0.3 is 0 Å². The summed E-state index contributed by atoms with van der Waals surface area (Å²) in [6.07, 6.45) is 0.486. The molecular weight excluding hydrogens is 310 g/mol. The van der Waals surface area contributed by atoms with Gasteiger partial charge in [-0.15, -0.1) is 0 Å². The van der Waals surface area contributed by atoms with Crippen molar-refractivity contribution in [1.82, 2.24) is 9.97 Å². The maximum Gasteiger partial charge on any atom is 0.134 e. The highest BCUT2D eigenvalue weighted by atomic mass is 79.9. The Morgan fingerprint density at radius 2 is 2.32 bits per heavy atom. The zero-order chi connectivity index (χ0) is 14.0. The lowest BCUT2D eigenvalue weighted by atomic mass is 9.97. The van der Waals surface area contributed by atoms with Gasteiger partial charge in [0.2, 0.25) is 0 Å². The minimum atomic E-state index is -0.824. The highest BCUT2D eigenvalue weighted by Gasteiger charge is 2.39. The molecule has 1 aliphatic heterocycles. The van der Waals surface area contributed by atoms with E-state index in [1.54, 1.807) is 0 Å². The Kier molecular flexibility index (Phi) is 4.43. The molecule has 2 rings (SSSR count). The molecule has 0 saturated carbocycles. The van der Waals surface area contributed by atoms with E-state index in [0.29, 0.717) is 19.6 Å². The molecule has 19 heavy (non-hydrogen) atoms. The van der Waals surface area contributed by atoms with Gasteiger partial charge in [-0.25, -0.2) is 9.97 Å². The number of aliphatic hydroxyl groups is 1. The van der Waals surface area contributed by atoms with Crippen molar-refractivity contribution < 1.29 is 9.84 Å². The van der Waals surface area contributed by atoms with E-state index in [2.05, 4.69) is 31.2 Å². The second kappa shape index (κ2) is 5.73. The van der Waals surface area contributed by atoms with Crippen molar-refractivity contribution in [2.24, 2.45) is 0 Å². The number of hydrogen-bond acceptors (Lipinski definition) is 5. The zero-order valence-corrected chi connectivity index (χ0v) is 13.1. The summed E-state index contributed by atoms with van der Waals surface area (Å²) >= 11 is 3.38. The predicted octanol–water partition coefficient (Wildman–Crippen LogP) is 2.31. The lowest BCUT2D eigenvalue weighted by Crippen LogP contribution is -2.43. The van der Waals surface area contributed by atoms with Crippen LogP contribution >= 0.6 is 15.9 Å². The fourth-order valence-electron chi connectivity index (χ4n) is 2.03. The van der Waals surface area contributed by atoms with Gasteiger partial charge in [-0.1, -0.05) is 13.8 Å². The Hall–Kier alpha value is -0.720. The van der Waals surface area contributed by atoms with Gasteiger partial charge in [-0.2, -0.15) is 0 Å². The van der Waals surface area contributed by atoms with Gasteiger partial charge in [0.25, 0.3) is 0 Å². The second-order valence-corrected chi connectivity index (χ2v) is 6.12. The molecule has 1 aliphatic rings. The number of nitrogens with one attached hydrogen (secondary N) is 1. The first-order valence-electron chi connectivity index (χ1n) is 6.53. The number of rotatable bonds is 4. The summed E-state index contributed by atoms with van der Waals surface area (Å²) in [5.41, 5.74) is -0.824. The molecule has 2 heterocycles. The lowest BCUT2D eigenvalue weighted by Gasteiger charge is -2.26. The molecule has 0 amide bonds. The molecule has 0 aromatic carbocycles. The van der Waals surface area contributed by atoms with Crippen LogP contribution in [0.2, 0.25) is 0 Å². The van der Waals surface area contributed by atoms with Crippen LogP contribution in [0.3, 0.4) is 0 Å². The van der Waals surface area contributed by atoms with Crippen LogP contribution < -0.4 is 5.32 Å².